The molecule has 0 unspecified atom stereocenters. The van der Waals surface area contributed by atoms with E-state index in [0.29, 0.717) is 45.1 Å². The molecule has 1 saturated heterocycles. The SMILES string of the molecule is CCCCCCCC(=O)SCCCCC[C@@H]1NC(=O)CCCCNC(=O)[C@H](Cc2ccccc2)NC(=O)C(C)(C)NC1=O. The maximum absolute atomic E-state index is 13.3. The summed E-state index contributed by atoms with van der Waals surface area (Å²) >= 11 is 1.39. The van der Waals surface area contributed by atoms with Gasteiger partial charge in [-0.25, -0.2) is 0 Å². The van der Waals surface area contributed by atoms with Crippen molar-refractivity contribution in [3.63, 3.8) is 0 Å². The van der Waals surface area contributed by atoms with Crippen LogP contribution in [0.1, 0.15) is 110 Å². The van der Waals surface area contributed by atoms with Crippen molar-refractivity contribution >= 4 is 40.5 Å². The molecule has 0 radical (unpaired) electrons. The first-order chi connectivity index (χ1) is 20.6. The van der Waals surface area contributed by atoms with Crippen LogP contribution in [0.15, 0.2) is 30.3 Å². The molecular formula is C33H52N4O5S. The van der Waals surface area contributed by atoms with Gasteiger partial charge in [-0.2, -0.15) is 0 Å². The Balaban J connectivity index is 1.94. The molecule has 43 heavy (non-hydrogen) atoms. The Hall–Kier alpha value is -2.88. The zero-order valence-corrected chi connectivity index (χ0v) is 27.1. The highest BCUT2D eigenvalue weighted by Crippen LogP contribution is 2.16. The Labute approximate surface area is 261 Å². The lowest BCUT2D eigenvalue weighted by atomic mass is 9.99. The van der Waals surface area contributed by atoms with Gasteiger partial charge >= 0.3 is 0 Å². The third-order valence-corrected chi connectivity index (χ3v) is 8.59. The molecule has 4 amide bonds. The predicted molar refractivity (Wildman–Crippen MR) is 172 cm³/mol. The van der Waals surface area contributed by atoms with Crippen LogP contribution < -0.4 is 21.3 Å². The summed E-state index contributed by atoms with van der Waals surface area (Å²) in [7, 11) is 0. The molecule has 0 bridgehead atoms. The number of unbranched alkanes of at least 4 members (excludes halogenated alkanes) is 6. The predicted octanol–water partition coefficient (Wildman–Crippen LogP) is 4.57. The van der Waals surface area contributed by atoms with Crippen LogP contribution in [0, 0.1) is 0 Å². The third-order valence-electron chi connectivity index (χ3n) is 7.57. The molecule has 1 aromatic carbocycles. The van der Waals surface area contributed by atoms with E-state index in [1.165, 1.54) is 31.0 Å². The average molecular weight is 617 g/mol. The fourth-order valence-corrected chi connectivity index (χ4v) is 5.75. The Bertz CT molecular complexity index is 1030. The van der Waals surface area contributed by atoms with Crippen LogP contribution in [0.3, 0.4) is 0 Å². The van der Waals surface area contributed by atoms with Crippen LogP contribution in [0.25, 0.3) is 0 Å². The van der Waals surface area contributed by atoms with Gasteiger partial charge in [-0.1, -0.05) is 87.5 Å². The first kappa shape index (κ1) is 36.3. The summed E-state index contributed by atoms with van der Waals surface area (Å²) in [6.07, 6.45) is 10.8. The summed E-state index contributed by atoms with van der Waals surface area (Å²) < 4.78 is 0. The van der Waals surface area contributed by atoms with Gasteiger partial charge in [-0.05, 0) is 51.5 Å². The molecule has 9 nitrogen and oxygen atoms in total. The monoisotopic (exact) mass is 616 g/mol. The number of hydrogen-bond acceptors (Lipinski definition) is 6. The first-order valence-electron chi connectivity index (χ1n) is 16.0. The lowest BCUT2D eigenvalue weighted by Gasteiger charge is -2.30. The Morgan fingerprint density at radius 2 is 1.58 bits per heavy atom. The molecule has 4 N–H and O–H groups in total. The Kier molecular flexibility index (Phi) is 17.0. The van der Waals surface area contributed by atoms with Gasteiger partial charge in [-0.15, -0.1) is 0 Å². The highest BCUT2D eigenvalue weighted by Gasteiger charge is 2.35. The second kappa shape index (κ2) is 20.1. The number of nitrogens with one attached hydrogen (secondary N) is 4. The van der Waals surface area contributed by atoms with E-state index < -0.39 is 29.4 Å². The van der Waals surface area contributed by atoms with Gasteiger partial charge in [0.15, 0.2) is 5.12 Å². The van der Waals surface area contributed by atoms with Crippen LogP contribution in [0.4, 0.5) is 0 Å². The van der Waals surface area contributed by atoms with Crippen LogP contribution in [-0.2, 0) is 30.4 Å². The van der Waals surface area contributed by atoms with E-state index in [-0.39, 0.29) is 23.4 Å². The van der Waals surface area contributed by atoms with Crippen molar-refractivity contribution < 1.29 is 24.0 Å². The molecule has 0 aliphatic carbocycles. The number of hydrogen-bond donors (Lipinski definition) is 4. The quantitative estimate of drug-likeness (QED) is 0.226. The van der Waals surface area contributed by atoms with Crippen molar-refractivity contribution in [1.29, 1.82) is 0 Å². The van der Waals surface area contributed by atoms with E-state index in [1.807, 2.05) is 30.3 Å². The highest BCUT2D eigenvalue weighted by molar-refractivity contribution is 8.13. The maximum Gasteiger partial charge on any atom is 0.245 e. The summed E-state index contributed by atoms with van der Waals surface area (Å²) in [4.78, 5) is 64.4. The third kappa shape index (κ3) is 14.9. The summed E-state index contributed by atoms with van der Waals surface area (Å²) in [5.41, 5.74) is -0.411. The maximum atomic E-state index is 13.3. The van der Waals surface area contributed by atoms with E-state index in [2.05, 4.69) is 28.2 Å². The second-order valence-electron chi connectivity index (χ2n) is 11.9. The fourth-order valence-electron chi connectivity index (χ4n) is 4.89. The van der Waals surface area contributed by atoms with Gasteiger partial charge in [0.25, 0.3) is 0 Å². The van der Waals surface area contributed by atoms with E-state index in [4.69, 9.17) is 0 Å². The minimum atomic E-state index is -1.32. The summed E-state index contributed by atoms with van der Waals surface area (Å²) in [5, 5.41) is 11.6. The number of benzene rings is 1. The van der Waals surface area contributed by atoms with Crippen LogP contribution >= 0.6 is 11.8 Å². The van der Waals surface area contributed by atoms with Gasteiger partial charge in [0.05, 0.1) is 0 Å². The molecule has 1 aromatic rings. The summed E-state index contributed by atoms with van der Waals surface area (Å²) in [6, 6.07) is 7.86. The number of thioether (sulfide) groups is 1. The van der Waals surface area contributed by atoms with Gasteiger partial charge < -0.3 is 21.3 Å². The van der Waals surface area contributed by atoms with Crippen molar-refractivity contribution in [3.8, 4) is 0 Å². The van der Waals surface area contributed by atoms with Gasteiger partial charge in [-0.3, -0.25) is 24.0 Å². The molecule has 1 aliphatic heterocycles. The van der Waals surface area contributed by atoms with Crippen LogP contribution in [-0.4, -0.2) is 58.7 Å². The largest absolute Gasteiger partial charge is 0.354 e. The summed E-state index contributed by atoms with van der Waals surface area (Å²) in [5.74, 6) is -0.695. The minimum absolute atomic E-state index is 0.231. The molecule has 2 atom stereocenters. The molecular weight excluding hydrogens is 564 g/mol. The molecule has 2 rings (SSSR count). The van der Waals surface area contributed by atoms with Gasteiger partial charge in [0.1, 0.15) is 17.6 Å². The van der Waals surface area contributed by atoms with Gasteiger partial charge in [0.2, 0.25) is 23.6 Å². The van der Waals surface area contributed by atoms with Crippen molar-refractivity contribution in [3.05, 3.63) is 35.9 Å². The lowest BCUT2D eigenvalue weighted by molar-refractivity contribution is -0.136. The molecule has 0 spiro atoms. The zero-order chi connectivity index (χ0) is 31.5. The van der Waals surface area contributed by atoms with E-state index in [1.54, 1.807) is 13.8 Å². The van der Waals surface area contributed by atoms with E-state index in [9.17, 15) is 24.0 Å². The molecule has 1 aliphatic rings. The first-order valence-corrected chi connectivity index (χ1v) is 17.0. The number of carbonyl (C=O) groups is 5. The lowest BCUT2D eigenvalue weighted by Crippen LogP contribution is -2.61. The Morgan fingerprint density at radius 3 is 2.33 bits per heavy atom. The van der Waals surface area contributed by atoms with Crippen LogP contribution in [0.2, 0.25) is 0 Å². The highest BCUT2D eigenvalue weighted by atomic mass is 32.2. The average Bonchev–Trinajstić information content (AvgIpc) is 2.97. The normalized spacial score (nSPS) is 20.2. The molecule has 1 fully saturated rings. The smallest absolute Gasteiger partial charge is 0.245 e. The summed E-state index contributed by atoms with van der Waals surface area (Å²) in [6.45, 7) is 5.74. The van der Waals surface area contributed by atoms with Crippen molar-refractivity contribution in [2.45, 2.75) is 128 Å². The molecule has 0 saturated carbocycles. The topological polar surface area (TPSA) is 133 Å². The zero-order valence-electron chi connectivity index (χ0n) is 26.3. The van der Waals surface area contributed by atoms with E-state index >= 15 is 0 Å². The Morgan fingerprint density at radius 1 is 0.860 bits per heavy atom. The number of rotatable bonds is 14. The minimum Gasteiger partial charge on any atom is -0.354 e. The molecule has 240 valence electrons. The number of amides is 4. The molecule has 10 heteroatoms. The number of carbonyl (C=O) groups excluding carboxylic acids is 5. The van der Waals surface area contributed by atoms with Crippen molar-refractivity contribution in [2.75, 3.05) is 12.3 Å². The molecule has 0 aromatic heterocycles. The van der Waals surface area contributed by atoms with E-state index in [0.717, 1.165) is 37.0 Å². The van der Waals surface area contributed by atoms with Gasteiger partial charge in [0, 0.05) is 31.6 Å². The standard InChI is InChI=1S/C33H52N4O5S/c1-4-5-6-7-13-21-29(39)43-23-16-9-12-19-26-31(41)37-33(2,3)32(42)36-27(24-25-17-10-8-11-18-25)30(40)34-22-15-14-20-28(38)35-26/h8,10-11,17-18,26-27H,4-7,9,12-16,19-24H2,1-3H3,(H,34,40)(H,35,38)(H,36,42)(H,37,41)/t26-,27-/m0/s1. The second-order valence-corrected chi connectivity index (χ2v) is 13.1. The van der Waals surface area contributed by atoms with Crippen molar-refractivity contribution in [2.24, 2.45) is 0 Å². The van der Waals surface area contributed by atoms with Crippen LogP contribution in [0.5, 0.6) is 0 Å². The van der Waals surface area contributed by atoms with Crippen molar-refractivity contribution in [1.82, 2.24) is 21.3 Å². The molecule has 1 heterocycles. The fraction of sp³-hybridized carbons (Fsp3) is 0.667.